The molecule has 0 fully saturated rings. The Hall–Kier alpha value is -1.91. The van der Waals surface area contributed by atoms with Crippen molar-refractivity contribution in [3.05, 3.63) is 23.8 Å². The van der Waals surface area contributed by atoms with E-state index in [2.05, 4.69) is 4.74 Å². The van der Waals surface area contributed by atoms with Gasteiger partial charge in [-0.1, -0.05) is 12.2 Å². The molecular weight excluding hydrogens is 260 g/mol. The van der Waals surface area contributed by atoms with Gasteiger partial charge in [0.25, 0.3) is 0 Å². The molecule has 0 N–H and O–H groups in total. The first-order chi connectivity index (χ1) is 9.52. The second kappa shape index (κ2) is 8.30. The van der Waals surface area contributed by atoms with Crippen LogP contribution in [-0.4, -0.2) is 30.9 Å². The molecule has 5 heteroatoms. The zero-order chi connectivity index (χ0) is 15.0. The van der Waals surface area contributed by atoms with Gasteiger partial charge in [-0.05, 0) is 30.9 Å². The predicted molar refractivity (Wildman–Crippen MR) is 72.9 cm³/mol. The van der Waals surface area contributed by atoms with Gasteiger partial charge < -0.3 is 9.47 Å². The third-order valence-electron chi connectivity index (χ3n) is 2.94. The van der Waals surface area contributed by atoms with Crippen LogP contribution in [0.3, 0.4) is 0 Å². The minimum atomic E-state index is -0.404. The van der Waals surface area contributed by atoms with E-state index in [0.29, 0.717) is 24.8 Å². The van der Waals surface area contributed by atoms with Crippen LogP contribution in [0, 0.1) is 0 Å². The molecule has 0 heterocycles. The Labute approximate surface area is 118 Å². The molecule has 1 rings (SSSR count). The summed E-state index contributed by atoms with van der Waals surface area (Å²) in [4.78, 5) is 33.4. The highest BCUT2D eigenvalue weighted by Crippen LogP contribution is 2.21. The van der Waals surface area contributed by atoms with Crippen molar-refractivity contribution in [1.29, 1.82) is 0 Å². The molecule has 0 aromatic heterocycles. The number of Topliss-reactive ketones (excluding diaryl/α,β-unsaturated/α-hetero) is 1. The van der Waals surface area contributed by atoms with E-state index in [-0.39, 0.29) is 24.1 Å². The van der Waals surface area contributed by atoms with E-state index in [1.165, 1.54) is 14.0 Å². The lowest BCUT2D eigenvalue weighted by Gasteiger charge is -2.05. The van der Waals surface area contributed by atoms with Crippen molar-refractivity contribution < 1.29 is 23.9 Å². The summed E-state index contributed by atoms with van der Waals surface area (Å²) in [6.45, 7) is 1.33. The van der Waals surface area contributed by atoms with Crippen molar-refractivity contribution >= 4 is 17.7 Å². The Morgan fingerprint density at radius 2 is 2.05 bits per heavy atom. The van der Waals surface area contributed by atoms with Gasteiger partial charge in [-0.25, -0.2) is 0 Å². The summed E-state index contributed by atoms with van der Waals surface area (Å²) >= 11 is 0. The summed E-state index contributed by atoms with van der Waals surface area (Å²) in [5, 5.41) is 0. The fourth-order valence-corrected chi connectivity index (χ4v) is 1.98. The van der Waals surface area contributed by atoms with E-state index < -0.39 is 6.10 Å². The Kier molecular flexibility index (Phi) is 6.70. The lowest BCUT2D eigenvalue weighted by Crippen LogP contribution is -2.12. The molecule has 0 aromatic rings. The molecule has 0 spiro atoms. The molecule has 0 aliphatic heterocycles. The molecule has 0 saturated carbocycles. The number of rotatable bonds is 7. The van der Waals surface area contributed by atoms with Crippen LogP contribution >= 0.6 is 0 Å². The fraction of sp³-hybridized carbons (Fsp3) is 0.533. The summed E-state index contributed by atoms with van der Waals surface area (Å²) in [6, 6.07) is 0. The van der Waals surface area contributed by atoms with E-state index in [9.17, 15) is 14.4 Å². The Bertz CT molecular complexity index is 434. The predicted octanol–water partition coefficient (Wildman–Crippen LogP) is 2.11. The average molecular weight is 280 g/mol. The van der Waals surface area contributed by atoms with E-state index in [4.69, 9.17) is 4.74 Å². The van der Waals surface area contributed by atoms with E-state index in [1.807, 2.05) is 12.2 Å². The molecule has 1 atom stereocenters. The standard InChI is InChI=1S/C15H20O5/c1-11(16)20-13-9-12(14(17)10-13)7-5-3-4-6-8-15(18)19-2/h3-4,9,13H,5-8,10H2,1-2H3/b4-3-/t13-/m1/s1. The lowest BCUT2D eigenvalue weighted by molar-refractivity contribution is -0.144. The summed E-state index contributed by atoms with van der Waals surface area (Å²) in [7, 11) is 1.36. The van der Waals surface area contributed by atoms with Crippen molar-refractivity contribution in [2.24, 2.45) is 0 Å². The molecule has 0 unspecified atom stereocenters. The highest BCUT2D eigenvalue weighted by atomic mass is 16.5. The van der Waals surface area contributed by atoms with Gasteiger partial charge in [-0.15, -0.1) is 0 Å². The Morgan fingerprint density at radius 1 is 1.35 bits per heavy atom. The SMILES string of the molecule is COC(=O)CC/C=C\CCC1=C[C@@H](OC(C)=O)CC1=O. The number of methoxy groups -OCH3 is 1. The first-order valence-electron chi connectivity index (χ1n) is 6.66. The van der Waals surface area contributed by atoms with Crippen molar-refractivity contribution in [3.8, 4) is 0 Å². The van der Waals surface area contributed by atoms with Gasteiger partial charge in [0.2, 0.25) is 0 Å². The maximum atomic E-state index is 11.7. The topological polar surface area (TPSA) is 69.7 Å². The summed E-state index contributed by atoms with van der Waals surface area (Å²) in [5.41, 5.74) is 0.717. The Morgan fingerprint density at radius 3 is 2.70 bits per heavy atom. The number of esters is 2. The first-order valence-corrected chi connectivity index (χ1v) is 6.66. The molecule has 0 amide bonds. The number of allylic oxidation sites excluding steroid dienone is 3. The van der Waals surface area contributed by atoms with Crippen LogP contribution in [0.1, 0.15) is 39.0 Å². The van der Waals surface area contributed by atoms with Crippen LogP contribution in [-0.2, 0) is 23.9 Å². The van der Waals surface area contributed by atoms with E-state index in [0.717, 1.165) is 6.42 Å². The molecule has 0 radical (unpaired) electrons. The average Bonchev–Trinajstić information content (AvgIpc) is 2.72. The number of hydrogen-bond donors (Lipinski definition) is 0. The second-order valence-corrected chi connectivity index (χ2v) is 4.59. The highest BCUT2D eigenvalue weighted by Gasteiger charge is 2.25. The zero-order valence-electron chi connectivity index (χ0n) is 11.9. The normalized spacial score (nSPS) is 18.2. The van der Waals surface area contributed by atoms with Crippen LogP contribution in [0.4, 0.5) is 0 Å². The lowest BCUT2D eigenvalue weighted by atomic mass is 10.1. The second-order valence-electron chi connectivity index (χ2n) is 4.59. The smallest absolute Gasteiger partial charge is 0.305 e. The van der Waals surface area contributed by atoms with Crippen LogP contribution in [0.5, 0.6) is 0 Å². The monoisotopic (exact) mass is 280 g/mol. The molecule has 1 aliphatic rings. The van der Waals surface area contributed by atoms with Gasteiger partial charge >= 0.3 is 11.9 Å². The van der Waals surface area contributed by atoms with E-state index in [1.54, 1.807) is 6.08 Å². The fourth-order valence-electron chi connectivity index (χ4n) is 1.98. The molecule has 5 nitrogen and oxygen atoms in total. The third-order valence-corrected chi connectivity index (χ3v) is 2.94. The Balaban J connectivity index is 2.27. The maximum Gasteiger partial charge on any atom is 0.305 e. The molecule has 0 aromatic carbocycles. The minimum Gasteiger partial charge on any atom is -0.469 e. The van der Waals surface area contributed by atoms with Gasteiger partial charge in [0.15, 0.2) is 5.78 Å². The third kappa shape index (κ3) is 5.82. The summed E-state index contributed by atoms with van der Waals surface area (Å²) in [5.74, 6) is -0.560. The summed E-state index contributed by atoms with van der Waals surface area (Å²) < 4.78 is 9.52. The van der Waals surface area contributed by atoms with Crippen molar-refractivity contribution in [3.63, 3.8) is 0 Å². The van der Waals surface area contributed by atoms with E-state index >= 15 is 0 Å². The molecule has 0 bridgehead atoms. The first kappa shape index (κ1) is 16.1. The number of ether oxygens (including phenoxy) is 2. The zero-order valence-corrected chi connectivity index (χ0v) is 11.9. The van der Waals surface area contributed by atoms with Crippen LogP contribution in [0.25, 0.3) is 0 Å². The molecule has 20 heavy (non-hydrogen) atoms. The number of hydrogen-bond acceptors (Lipinski definition) is 5. The minimum absolute atomic E-state index is 0.0409. The van der Waals surface area contributed by atoms with Gasteiger partial charge in [0, 0.05) is 13.3 Å². The maximum absolute atomic E-state index is 11.7. The van der Waals surface area contributed by atoms with Crippen LogP contribution < -0.4 is 0 Å². The molecule has 0 saturated heterocycles. The van der Waals surface area contributed by atoms with Gasteiger partial charge in [0.1, 0.15) is 6.10 Å². The van der Waals surface area contributed by atoms with Crippen molar-refractivity contribution in [2.45, 2.75) is 45.1 Å². The number of carbonyl (C=O) groups is 3. The largest absolute Gasteiger partial charge is 0.469 e. The molecule has 110 valence electrons. The molecule has 1 aliphatic carbocycles. The quantitative estimate of drug-likeness (QED) is 0.527. The highest BCUT2D eigenvalue weighted by molar-refractivity contribution is 5.98. The van der Waals surface area contributed by atoms with Crippen molar-refractivity contribution in [1.82, 2.24) is 0 Å². The number of carbonyl (C=O) groups excluding carboxylic acids is 3. The summed E-state index contributed by atoms with van der Waals surface area (Å²) in [6.07, 6.45) is 7.78. The van der Waals surface area contributed by atoms with Crippen molar-refractivity contribution in [2.75, 3.05) is 7.11 Å². The van der Waals surface area contributed by atoms with Gasteiger partial charge in [-0.2, -0.15) is 0 Å². The van der Waals surface area contributed by atoms with Gasteiger partial charge in [0.05, 0.1) is 13.5 Å². The van der Waals surface area contributed by atoms with Crippen LogP contribution in [0.2, 0.25) is 0 Å². The van der Waals surface area contributed by atoms with Crippen LogP contribution in [0.15, 0.2) is 23.8 Å². The van der Waals surface area contributed by atoms with Gasteiger partial charge in [-0.3, -0.25) is 14.4 Å². The molecular formula is C15H20O5. The number of ketones is 1.